The molecule has 0 aliphatic heterocycles. The lowest BCUT2D eigenvalue weighted by Crippen LogP contribution is -2.27. The normalized spacial score (nSPS) is 10.2. The summed E-state index contributed by atoms with van der Waals surface area (Å²) in [4.78, 5) is 11.9. The highest BCUT2D eigenvalue weighted by Gasteiger charge is 2.07. The van der Waals surface area contributed by atoms with Crippen molar-refractivity contribution in [1.29, 1.82) is 0 Å². The van der Waals surface area contributed by atoms with Crippen molar-refractivity contribution in [3.8, 4) is 5.75 Å². The Morgan fingerprint density at radius 3 is 2.95 bits per heavy atom. The number of para-hydroxylation sites is 1. The lowest BCUT2D eigenvalue weighted by atomic mass is 10.1. The molecule has 0 radical (unpaired) electrons. The van der Waals surface area contributed by atoms with E-state index in [1.807, 2.05) is 41.2 Å². The first-order valence-electron chi connectivity index (χ1n) is 6.65. The lowest BCUT2D eigenvalue weighted by Gasteiger charge is -2.09. The van der Waals surface area contributed by atoms with E-state index in [1.54, 1.807) is 13.3 Å². The van der Waals surface area contributed by atoms with E-state index in [-0.39, 0.29) is 5.91 Å². The van der Waals surface area contributed by atoms with Crippen LogP contribution in [0.5, 0.6) is 5.75 Å². The second-order valence-electron chi connectivity index (χ2n) is 4.46. The standard InChI is InChI=1S/C15H19N3O2/c1-20-14-7-3-2-6-13(14)12-15(19)16-8-4-10-18-11-5-9-17-18/h2-3,5-7,9,11H,4,8,10,12H2,1H3,(H,16,19). The fraction of sp³-hybridized carbons (Fsp3) is 0.333. The van der Waals surface area contributed by atoms with E-state index in [2.05, 4.69) is 10.4 Å². The van der Waals surface area contributed by atoms with Crippen LogP contribution in [0, 0.1) is 0 Å². The van der Waals surface area contributed by atoms with Crippen molar-refractivity contribution in [3.63, 3.8) is 0 Å². The summed E-state index contributed by atoms with van der Waals surface area (Å²) in [6.45, 7) is 1.45. The molecule has 106 valence electrons. The molecular weight excluding hydrogens is 254 g/mol. The Labute approximate surface area is 118 Å². The Hall–Kier alpha value is -2.30. The minimum atomic E-state index is 0.00923. The number of amides is 1. The number of benzene rings is 1. The molecule has 1 amide bonds. The van der Waals surface area contributed by atoms with Gasteiger partial charge in [0.2, 0.25) is 5.91 Å². The SMILES string of the molecule is COc1ccccc1CC(=O)NCCCn1cccn1. The predicted octanol–water partition coefficient (Wildman–Crippen LogP) is 1.64. The van der Waals surface area contributed by atoms with Gasteiger partial charge in [0.05, 0.1) is 13.5 Å². The first kappa shape index (κ1) is 14.1. The monoisotopic (exact) mass is 273 g/mol. The molecule has 0 saturated heterocycles. The van der Waals surface area contributed by atoms with Gasteiger partial charge in [-0.05, 0) is 18.6 Å². The molecule has 1 N–H and O–H groups in total. The summed E-state index contributed by atoms with van der Waals surface area (Å²) in [7, 11) is 1.61. The minimum absolute atomic E-state index is 0.00923. The number of carbonyl (C=O) groups excluding carboxylic acids is 1. The molecule has 2 aromatic rings. The van der Waals surface area contributed by atoms with Gasteiger partial charge in [-0.2, -0.15) is 5.10 Å². The van der Waals surface area contributed by atoms with Gasteiger partial charge in [0, 0.05) is 31.0 Å². The van der Waals surface area contributed by atoms with Crippen LogP contribution in [0.1, 0.15) is 12.0 Å². The average Bonchev–Trinajstić information content (AvgIpc) is 2.97. The third kappa shape index (κ3) is 4.12. The molecule has 2 rings (SSSR count). The number of ether oxygens (including phenoxy) is 1. The van der Waals surface area contributed by atoms with Crippen LogP contribution >= 0.6 is 0 Å². The fourth-order valence-corrected chi connectivity index (χ4v) is 1.99. The molecule has 0 saturated carbocycles. The summed E-state index contributed by atoms with van der Waals surface area (Å²) in [5, 5.41) is 7.02. The number of hydrogen-bond donors (Lipinski definition) is 1. The molecule has 0 unspecified atom stereocenters. The van der Waals surface area contributed by atoms with Crippen LogP contribution < -0.4 is 10.1 Å². The van der Waals surface area contributed by atoms with E-state index in [0.29, 0.717) is 13.0 Å². The van der Waals surface area contributed by atoms with Gasteiger partial charge in [0.1, 0.15) is 5.75 Å². The Morgan fingerprint density at radius 2 is 2.20 bits per heavy atom. The maximum atomic E-state index is 11.9. The highest BCUT2D eigenvalue weighted by atomic mass is 16.5. The molecule has 0 atom stereocenters. The van der Waals surface area contributed by atoms with Crippen molar-refractivity contribution in [3.05, 3.63) is 48.3 Å². The number of nitrogens with zero attached hydrogens (tertiary/aromatic N) is 2. The number of aromatic nitrogens is 2. The second kappa shape index (κ2) is 7.33. The molecule has 0 aliphatic carbocycles. The fourth-order valence-electron chi connectivity index (χ4n) is 1.99. The molecule has 0 bridgehead atoms. The smallest absolute Gasteiger partial charge is 0.224 e. The van der Waals surface area contributed by atoms with Gasteiger partial charge in [-0.15, -0.1) is 0 Å². The van der Waals surface area contributed by atoms with Crippen LogP contribution in [0.2, 0.25) is 0 Å². The first-order chi connectivity index (χ1) is 9.79. The Kier molecular flexibility index (Phi) is 5.17. The van der Waals surface area contributed by atoms with Crippen molar-refractivity contribution in [1.82, 2.24) is 15.1 Å². The van der Waals surface area contributed by atoms with Gasteiger partial charge in [-0.25, -0.2) is 0 Å². The molecule has 5 heteroatoms. The summed E-state index contributed by atoms with van der Waals surface area (Å²) in [5.74, 6) is 0.758. The van der Waals surface area contributed by atoms with Gasteiger partial charge in [-0.1, -0.05) is 18.2 Å². The summed E-state index contributed by atoms with van der Waals surface area (Å²) in [6, 6.07) is 9.45. The van der Waals surface area contributed by atoms with Gasteiger partial charge < -0.3 is 10.1 Å². The largest absolute Gasteiger partial charge is 0.496 e. The van der Waals surface area contributed by atoms with Crippen LogP contribution in [-0.4, -0.2) is 29.3 Å². The predicted molar refractivity (Wildman–Crippen MR) is 76.6 cm³/mol. The van der Waals surface area contributed by atoms with Gasteiger partial charge in [-0.3, -0.25) is 9.48 Å². The Balaban J connectivity index is 1.72. The molecular formula is C15H19N3O2. The molecule has 1 aromatic heterocycles. The van der Waals surface area contributed by atoms with E-state index in [0.717, 1.165) is 24.3 Å². The maximum Gasteiger partial charge on any atom is 0.224 e. The third-order valence-electron chi connectivity index (χ3n) is 2.99. The average molecular weight is 273 g/mol. The van der Waals surface area contributed by atoms with E-state index in [4.69, 9.17) is 4.74 Å². The van der Waals surface area contributed by atoms with Crippen LogP contribution in [-0.2, 0) is 17.8 Å². The number of hydrogen-bond acceptors (Lipinski definition) is 3. The van der Waals surface area contributed by atoms with Crippen molar-refractivity contribution < 1.29 is 9.53 Å². The summed E-state index contributed by atoms with van der Waals surface area (Å²) in [6.07, 6.45) is 4.86. The number of aryl methyl sites for hydroxylation is 1. The Bertz CT molecular complexity index is 538. The molecule has 0 spiro atoms. The number of rotatable bonds is 7. The third-order valence-corrected chi connectivity index (χ3v) is 2.99. The molecule has 0 aliphatic rings. The van der Waals surface area contributed by atoms with Crippen molar-refractivity contribution in [2.24, 2.45) is 0 Å². The zero-order valence-corrected chi connectivity index (χ0v) is 11.6. The number of nitrogens with one attached hydrogen (secondary N) is 1. The first-order valence-corrected chi connectivity index (χ1v) is 6.65. The van der Waals surface area contributed by atoms with Crippen LogP contribution in [0.25, 0.3) is 0 Å². The zero-order chi connectivity index (χ0) is 14.2. The van der Waals surface area contributed by atoms with Crippen molar-refractivity contribution >= 4 is 5.91 Å². The van der Waals surface area contributed by atoms with E-state index in [1.165, 1.54) is 0 Å². The van der Waals surface area contributed by atoms with E-state index < -0.39 is 0 Å². The molecule has 20 heavy (non-hydrogen) atoms. The van der Waals surface area contributed by atoms with Crippen molar-refractivity contribution in [2.45, 2.75) is 19.4 Å². The minimum Gasteiger partial charge on any atom is -0.496 e. The number of carbonyl (C=O) groups is 1. The molecule has 0 fully saturated rings. The summed E-state index contributed by atoms with van der Waals surface area (Å²) < 4.78 is 7.08. The van der Waals surface area contributed by atoms with Gasteiger partial charge in [0.15, 0.2) is 0 Å². The molecule has 5 nitrogen and oxygen atoms in total. The second-order valence-corrected chi connectivity index (χ2v) is 4.46. The van der Waals surface area contributed by atoms with Crippen molar-refractivity contribution in [2.75, 3.05) is 13.7 Å². The molecule has 1 heterocycles. The summed E-state index contributed by atoms with van der Waals surface area (Å²) in [5.41, 5.74) is 0.902. The van der Waals surface area contributed by atoms with Gasteiger partial charge in [0.25, 0.3) is 0 Å². The van der Waals surface area contributed by atoms with E-state index in [9.17, 15) is 4.79 Å². The number of methoxy groups -OCH3 is 1. The van der Waals surface area contributed by atoms with Crippen LogP contribution in [0.15, 0.2) is 42.7 Å². The topological polar surface area (TPSA) is 56.1 Å². The zero-order valence-electron chi connectivity index (χ0n) is 11.6. The van der Waals surface area contributed by atoms with E-state index >= 15 is 0 Å². The van der Waals surface area contributed by atoms with Crippen LogP contribution in [0.4, 0.5) is 0 Å². The lowest BCUT2D eigenvalue weighted by molar-refractivity contribution is -0.120. The van der Waals surface area contributed by atoms with Gasteiger partial charge >= 0.3 is 0 Å². The quantitative estimate of drug-likeness (QED) is 0.780. The van der Waals surface area contributed by atoms with Crippen LogP contribution in [0.3, 0.4) is 0 Å². The highest BCUT2D eigenvalue weighted by molar-refractivity contribution is 5.79. The summed E-state index contributed by atoms with van der Waals surface area (Å²) >= 11 is 0. The Morgan fingerprint density at radius 1 is 1.35 bits per heavy atom. The highest BCUT2D eigenvalue weighted by Crippen LogP contribution is 2.17. The molecule has 1 aromatic carbocycles. The maximum absolute atomic E-state index is 11.9.